The maximum Gasteiger partial charge on any atom is 0.331 e. The number of esters is 1. The summed E-state index contributed by atoms with van der Waals surface area (Å²) in [5.41, 5.74) is 1.67. The number of aromatic nitrogens is 3. The fourth-order valence-corrected chi connectivity index (χ4v) is 3.53. The first-order chi connectivity index (χ1) is 13.5. The largest absolute Gasteiger partial charge is 0.452 e. The number of carbonyl (C=O) groups excluding carboxylic acids is 2. The number of hydrogen-bond donors (Lipinski definition) is 0. The molecule has 0 spiro atoms. The van der Waals surface area contributed by atoms with Crippen molar-refractivity contribution in [3.05, 3.63) is 53.9 Å². The van der Waals surface area contributed by atoms with Gasteiger partial charge in [0.1, 0.15) is 5.69 Å². The molecule has 0 bridgehead atoms. The molecular weight excluding hydrogens is 356 g/mol. The number of piperidine rings is 1. The number of hydrogen-bond acceptors (Lipinski definition) is 5. The average molecular weight is 382 g/mol. The third-order valence-electron chi connectivity index (χ3n) is 4.69. The number of ether oxygens (including phenoxy) is 1. The molecule has 7 nitrogen and oxygen atoms in total. The summed E-state index contributed by atoms with van der Waals surface area (Å²) in [4.78, 5) is 25.9. The summed E-state index contributed by atoms with van der Waals surface area (Å²) in [6, 6.07) is 9.91. The quantitative estimate of drug-likeness (QED) is 0.566. The predicted octanol–water partition coefficient (Wildman–Crippen LogP) is 2.39. The Hall–Kier alpha value is -2.96. The molecule has 1 aromatic heterocycles. The average Bonchev–Trinajstić information content (AvgIpc) is 3.12. The van der Waals surface area contributed by atoms with Gasteiger partial charge in [-0.05, 0) is 29.9 Å². The van der Waals surface area contributed by atoms with Crippen LogP contribution in [0, 0.1) is 11.8 Å². The molecule has 1 aromatic carbocycles. The predicted molar refractivity (Wildman–Crippen MR) is 105 cm³/mol. The number of benzene rings is 1. The molecule has 1 saturated heterocycles. The fourth-order valence-electron chi connectivity index (χ4n) is 3.53. The second-order valence-corrected chi connectivity index (χ2v) is 7.51. The van der Waals surface area contributed by atoms with Crippen LogP contribution < -0.4 is 0 Å². The summed E-state index contributed by atoms with van der Waals surface area (Å²) in [6.45, 7) is 6.09. The highest BCUT2D eigenvalue weighted by molar-refractivity contribution is 5.89. The number of amides is 1. The second kappa shape index (κ2) is 9.30. The van der Waals surface area contributed by atoms with Crippen molar-refractivity contribution in [2.24, 2.45) is 11.8 Å². The van der Waals surface area contributed by atoms with E-state index in [2.05, 4.69) is 24.2 Å². The highest BCUT2D eigenvalue weighted by Gasteiger charge is 2.25. The van der Waals surface area contributed by atoms with Crippen molar-refractivity contribution >= 4 is 18.0 Å². The standard InChI is InChI=1S/C21H26N4O3/c1-16-10-17(2)12-24(11-16)20(26)15-28-21(27)9-8-19-14-25(23-22-19)13-18-6-4-3-5-7-18/h3-9,14,16-17H,10-13,15H2,1-2H3/b9-8+/t16-,17-/m0/s1. The second-order valence-electron chi connectivity index (χ2n) is 7.51. The van der Waals surface area contributed by atoms with E-state index in [1.54, 1.807) is 15.8 Å². The Bertz CT molecular complexity index is 821. The van der Waals surface area contributed by atoms with Crippen LogP contribution in [0.3, 0.4) is 0 Å². The highest BCUT2D eigenvalue weighted by Crippen LogP contribution is 2.20. The van der Waals surface area contributed by atoms with Crippen LogP contribution in [0.4, 0.5) is 0 Å². The van der Waals surface area contributed by atoms with Crippen LogP contribution in [0.5, 0.6) is 0 Å². The van der Waals surface area contributed by atoms with E-state index in [9.17, 15) is 9.59 Å². The number of carbonyl (C=O) groups is 2. The molecule has 1 fully saturated rings. The molecule has 2 heterocycles. The molecule has 2 atom stereocenters. The van der Waals surface area contributed by atoms with Gasteiger partial charge in [-0.2, -0.15) is 0 Å². The zero-order chi connectivity index (χ0) is 19.9. The number of rotatable bonds is 6. The van der Waals surface area contributed by atoms with E-state index in [1.807, 2.05) is 30.3 Å². The fraction of sp³-hybridized carbons (Fsp3) is 0.429. The van der Waals surface area contributed by atoms with Gasteiger partial charge in [0.2, 0.25) is 0 Å². The maximum atomic E-state index is 12.2. The summed E-state index contributed by atoms with van der Waals surface area (Å²) in [5.74, 6) is 0.238. The Morgan fingerprint density at radius 2 is 1.89 bits per heavy atom. The van der Waals surface area contributed by atoms with E-state index in [-0.39, 0.29) is 12.5 Å². The minimum atomic E-state index is -0.566. The van der Waals surface area contributed by atoms with E-state index in [1.165, 1.54) is 12.2 Å². The molecule has 1 aliphatic heterocycles. The first-order valence-corrected chi connectivity index (χ1v) is 9.56. The van der Waals surface area contributed by atoms with Crippen LogP contribution in [0.1, 0.15) is 31.5 Å². The Balaban J connectivity index is 1.45. The molecular formula is C21H26N4O3. The van der Waals surface area contributed by atoms with Gasteiger partial charge in [0.15, 0.2) is 6.61 Å². The lowest BCUT2D eigenvalue weighted by atomic mass is 9.92. The Morgan fingerprint density at radius 1 is 1.18 bits per heavy atom. The normalized spacial score (nSPS) is 19.7. The van der Waals surface area contributed by atoms with Gasteiger partial charge in [0, 0.05) is 19.2 Å². The Labute approximate surface area is 165 Å². The molecule has 0 unspecified atom stereocenters. The van der Waals surface area contributed by atoms with Gasteiger partial charge < -0.3 is 9.64 Å². The minimum absolute atomic E-state index is 0.144. The summed E-state index contributed by atoms with van der Waals surface area (Å²) in [5, 5.41) is 8.05. The lowest BCUT2D eigenvalue weighted by Crippen LogP contribution is -2.44. The maximum absolute atomic E-state index is 12.2. The van der Waals surface area contributed by atoms with Crippen molar-refractivity contribution < 1.29 is 14.3 Å². The third-order valence-corrected chi connectivity index (χ3v) is 4.69. The van der Waals surface area contributed by atoms with Crippen LogP contribution in [0.15, 0.2) is 42.6 Å². The van der Waals surface area contributed by atoms with Crippen LogP contribution in [-0.2, 0) is 20.9 Å². The lowest BCUT2D eigenvalue weighted by Gasteiger charge is -2.34. The first-order valence-electron chi connectivity index (χ1n) is 9.56. The van der Waals surface area contributed by atoms with E-state index in [4.69, 9.17) is 4.74 Å². The molecule has 7 heteroatoms. The van der Waals surface area contributed by atoms with Gasteiger partial charge in [0.05, 0.1) is 12.7 Å². The SMILES string of the molecule is C[C@H]1C[C@H](C)CN(C(=O)COC(=O)/C=C/c2cn(Cc3ccccc3)nn2)C1. The van der Waals surface area contributed by atoms with Gasteiger partial charge >= 0.3 is 5.97 Å². The van der Waals surface area contributed by atoms with Crippen LogP contribution >= 0.6 is 0 Å². The Morgan fingerprint density at radius 3 is 2.61 bits per heavy atom. The number of likely N-dealkylation sites (tertiary alicyclic amines) is 1. The molecule has 3 rings (SSSR count). The van der Waals surface area contributed by atoms with Gasteiger partial charge in [-0.1, -0.05) is 49.4 Å². The molecule has 0 radical (unpaired) electrons. The smallest absolute Gasteiger partial charge is 0.331 e. The first kappa shape index (κ1) is 19.8. The summed E-state index contributed by atoms with van der Waals surface area (Å²) < 4.78 is 6.78. The van der Waals surface area contributed by atoms with Gasteiger partial charge in [-0.3, -0.25) is 4.79 Å². The Kier molecular flexibility index (Phi) is 6.57. The zero-order valence-corrected chi connectivity index (χ0v) is 16.3. The molecule has 2 aromatic rings. The van der Waals surface area contributed by atoms with Crippen LogP contribution in [-0.4, -0.2) is 51.5 Å². The molecule has 148 valence electrons. The lowest BCUT2D eigenvalue weighted by molar-refractivity contribution is -0.149. The van der Waals surface area contributed by atoms with Crippen molar-refractivity contribution in [2.45, 2.75) is 26.8 Å². The minimum Gasteiger partial charge on any atom is -0.452 e. The molecule has 0 N–H and O–H groups in total. The molecule has 0 saturated carbocycles. The zero-order valence-electron chi connectivity index (χ0n) is 16.3. The van der Waals surface area contributed by atoms with E-state index >= 15 is 0 Å². The van der Waals surface area contributed by atoms with Crippen LogP contribution in [0.25, 0.3) is 6.08 Å². The third kappa shape index (κ3) is 5.77. The van der Waals surface area contributed by atoms with Gasteiger partial charge in [-0.15, -0.1) is 5.10 Å². The van der Waals surface area contributed by atoms with Crippen molar-refractivity contribution in [1.82, 2.24) is 19.9 Å². The summed E-state index contributed by atoms with van der Waals surface area (Å²) in [7, 11) is 0. The van der Waals surface area contributed by atoms with Crippen LogP contribution in [0.2, 0.25) is 0 Å². The molecule has 1 amide bonds. The number of nitrogens with zero attached hydrogens (tertiary/aromatic N) is 4. The monoisotopic (exact) mass is 382 g/mol. The summed E-state index contributed by atoms with van der Waals surface area (Å²) in [6.07, 6.45) is 5.67. The van der Waals surface area contributed by atoms with Crippen molar-refractivity contribution in [3.63, 3.8) is 0 Å². The van der Waals surface area contributed by atoms with Crippen molar-refractivity contribution in [3.8, 4) is 0 Å². The van der Waals surface area contributed by atoms with E-state index < -0.39 is 5.97 Å². The molecule has 0 aliphatic carbocycles. The van der Waals surface area contributed by atoms with E-state index in [0.717, 1.165) is 25.1 Å². The molecule has 28 heavy (non-hydrogen) atoms. The topological polar surface area (TPSA) is 77.3 Å². The van der Waals surface area contributed by atoms with Gasteiger partial charge in [-0.25, -0.2) is 9.48 Å². The molecule has 1 aliphatic rings. The van der Waals surface area contributed by atoms with Crippen molar-refractivity contribution in [1.29, 1.82) is 0 Å². The summed E-state index contributed by atoms with van der Waals surface area (Å²) >= 11 is 0. The van der Waals surface area contributed by atoms with Gasteiger partial charge in [0.25, 0.3) is 5.91 Å². The van der Waals surface area contributed by atoms with E-state index in [0.29, 0.717) is 24.1 Å². The highest BCUT2D eigenvalue weighted by atomic mass is 16.5. The van der Waals surface area contributed by atoms with Crippen molar-refractivity contribution in [2.75, 3.05) is 19.7 Å².